The van der Waals surface area contributed by atoms with Gasteiger partial charge in [0.15, 0.2) is 5.13 Å². The lowest BCUT2D eigenvalue weighted by molar-refractivity contribution is -0.112. The van der Waals surface area contributed by atoms with Crippen LogP contribution in [0.3, 0.4) is 0 Å². The summed E-state index contributed by atoms with van der Waals surface area (Å²) in [5.41, 5.74) is 2.45. The largest absolute Gasteiger partial charge is 0.493 e. The van der Waals surface area contributed by atoms with Crippen molar-refractivity contribution in [3.63, 3.8) is 0 Å². The van der Waals surface area contributed by atoms with Crippen molar-refractivity contribution in [2.75, 3.05) is 18.5 Å². The molecule has 0 radical (unpaired) electrons. The molecule has 0 bridgehead atoms. The van der Waals surface area contributed by atoms with Crippen molar-refractivity contribution in [3.05, 3.63) is 101 Å². The molecule has 0 saturated carbocycles. The van der Waals surface area contributed by atoms with Crippen LogP contribution < -0.4 is 14.8 Å². The van der Waals surface area contributed by atoms with Crippen LogP contribution in [0.4, 0.5) is 5.13 Å². The molecule has 0 aliphatic carbocycles. The summed E-state index contributed by atoms with van der Waals surface area (Å²) in [7, 11) is 0. The minimum atomic E-state index is -0.500. The Hall–Kier alpha value is -4.41. The minimum Gasteiger partial charge on any atom is -0.493 e. The number of para-hydroxylation sites is 1. The molecule has 1 aromatic heterocycles. The van der Waals surface area contributed by atoms with Crippen molar-refractivity contribution < 1.29 is 14.3 Å². The van der Waals surface area contributed by atoms with Crippen molar-refractivity contribution in [2.24, 2.45) is 0 Å². The first-order chi connectivity index (χ1) is 17.2. The van der Waals surface area contributed by atoms with Gasteiger partial charge in [-0.1, -0.05) is 60.7 Å². The van der Waals surface area contributed by atoms with E-state index in [-0.39, 0.29) is 5.57 Å². The average molecular weight is 482 g/mol. The highest BCUT2D eigenvalue weighted by molar-refractivity contribution is 7.14. The molecule has 0 fully saturated rings. The summed E-state index contributed by atoms with van der Waals surface area (Å²) in [6, 6.07) is 28.5. The summed E-state index contributed by atoms with van der Waals surface area (Å²) in [5, 5.41) is 14.5. The number of hydrogen-bond acceptors (Lipinski definition) is 6. The van der Waals surface area contributed by atoms with Crippen molar-refractivity contribution in [2.45, 2.75) is 6.42 Å². The molecule has 0 unspecified atom stereocenters. The monoisotopic (exact) mass is 481 g/mol. The number of amides is 1. The second-order valence-electron chi connectivity index (χ2n) is 7.46. The highest BCUT2D eigenvalue weighted by Crippen LogP contribution is 2.25. The lowest BCUT2D eigenvalue weighted by atomic mass is 10.1. The Morgan fingerprint density at radius 1 is 0.914 bits per heavy atom. The van der Waals surface area contributed by atoms with Crippen LogP contribution in [-0.2, 0) is 4.79 Å². The van der Waals surface area contributed by atoms with Crippen LogP contribution in [0.1, 0.15) is 12.0 Å². The zero-order valence-electron chi connectivity index (χ0n) is 18.9. The van der Waals surface area contributed by atoms with Gasteiger partial charge in [-0.3, -0.25) is 10.1 Å². The summed E-state index contributed by atoms with van der Waals surface area (Å²) in [5.74, 6) is 1.05. The topological polar surface area (TPSA) is 84.2 Å². The van der Waals surface area contributed by atoms with E-state index in [1.807, 2.05) is 84.2 Å². The van der Waals surface area contributed by atoms with E-state index in [0.29, 0.717) is 24.1 Å². The summed E-state index contributed by atoms with van der Waals surface area (Å²) >= 11 is 1.31. The SMILES string of the molecule is N#C/C(=C/c1ccc(OCCCOc2ccccc2)cc1)C(=O)Nc1nc(-c2ccccc2)cs1. The maximum atomic E-state index is 12.6. The number of nitrogens with one attached hydrogen (secondary N) is 1. The van der Waals surface area contributed by atoms with Crippen molar-refractivity contribution in [1.29, 1.82) is 5.26 Å². The molecule has 0 aliphatic heterocycles. The van der Waals surface area contributed by atoms with Crippen molar-refractivity contribution in [1.82, 2.24) is 4.98 Å². The molecule has 1 N–H and O–H groups in total. The number of ether oxygens (including phenoxy) is 2. The van der Waals surface area contributed by atoms with Gasteiger partial charge in [-0.05, 0) is 35.9 Å². The Bertz CT molecular complexity index is 1310. The molecule has 1 heterocycles. The van der Waals surface area contributed by atoms with Crippen LogP contribution in [-0.4, -0.2) is 24.1 Å². The molecule has 6 nitrogen and oxygen atoms in total. The lowest BCUT2D eigenvalue weighted by Crippen LogP contribution is -2.13. The van der Waals surface area contributed by atoms with E-state index in [9.17, 15) is 10.1 Å². The zero-order valence-corrected chi connectivity index (χ0v) is 19.7. The van der Waals surface area contributed by atoms with Gasteiger partial charge in [-0.15, -0.1) is 11.3 Å². The Morgan fingerprint density at radius 2 is 1.54 bits per heavy atom. The number of hydrogen-bond donors (Lipinski definition) is 1. The van der Waals surface area contributed by atoms with Gasteiger partial charge in [0, 0.05) is 17.4 Å². The fourth-order valence-corrected chi connectivity index (χ4v) is 3.88. The highest BCUT2D eigenvalue weighted by Gasteiger charge is 2.12. The van der Waals surface area contributed by atoms with Crippen LogP contribution in [0.5, 0.6) is 11.5 Å². The maximum Gasteiger partial charge on any atom is 0.268 e. The number of nitrogens with zero attached hydrogens (tertiary/aromatic N) is 2. The number of carbonyl (C=O) groups excluding carboxylic acids is 1. The number of aromatic nitrogens is 1. The summed E-state index contributed by atoms with van der Waals surface area (Å²) < 4.78 is 11.4. The Labute approximate surface area is 208 Å². The van der Waals surface area contributed by atoms with E-state index in [0.717, 1.165) is 29.0 Å². The molecule has 0 atom stereocenters. The molecule has 3 aromatic carbocycles. The predicted octanol–water partition coefficient (Wildman–Crippen LogP) is 6.20. The minimum absolute atomic E-state index is 0.00631. The quantitative estimate of drug-likeness (QED) is 0.166. The van der Waals surface area contributed by atoms with Gasteiger partial charge in [0.2, 0.25) is 0 Å². The van der Waals surface area contributed by atoms with Gasteiger partial charge < -0.3 is 9.47 Å². The molecule has 35 heavy (non-hydrogen) atoms. The smallest absolute Gasteiger partial charge is 0.268 e. The number of benzene rings is 3. The standard InChI is InChI=1S/C28H23N3O3S/c29-19-23(27(32)31-28-30-26(20-35-28)22-8-3-1-4-9-22)18-21-12-14-25(15-13-21)34-17-7-16-33-24-10-5-2-6-11-24/h1-6,8-15,18,20H,7,16-17H2,(H,30,31,32)/b23-18-. The zero-order chi connectivity index (χ0) is 24.3. The third-order valence-corrected chi connectivity index (χ3v) is 5.68. The molecule has 1 amide bonds. The van der Waals surface area contributed by atoms with Gasteiger partial charge in [0.1, 0.15) is 23.1 Å². The first kappa shape index (κ1) is 23.7. The fraction of sp³-hybridized carbons (Fsp3) is 0.107. The molecular formula is C28H23N3O3S. The molecular weight excluding hydrogens is 458 g/mol. The number of rotatable bonds is 10. The summed E-state index contributed by atoms with van der Waals surface area (Å²) in [6.07, 6.45) is 2.29. The van der Waals surface area contributed by atoms with Gasteiger partial charge in [-0.25, -0.2) is 4.98 Å². The lowest BCUT2D eigenvalue weighted by Gasteiger charge is -2.08. The second-order valence-corrected chi connectivity index (χ2v) is 8.32. The van der Waals surface area contributed by atoms with E-state index in [2.05, 4.69) is 10.3 Å². The molecule has 4 rings (SSSR count). The average Bonchev–Trinajstić information content (AvgIpc) is 3.37. The molecule has 0 spiro atoms. The van der Waals surface area contributed by atoms with E-state index in [1.165, 1.54) is 11.3 Å². The summed E-state index contributed by atoms with van der Waals surface area (Å²) in [4.78, 5) is 17.0. The van der Waals surface area contributed by atoms with Crippen LogP contribution >= 0.6 is 11.3 Å². The van der Waals surface area contributed by atoms with Crippen molar-refractivity contribution >= 4 is 28.5 Å². The van der Waals surface area contributed by atoms with Crippen LogP contribution in [0.25, 0.3) is 17.3 Å². The number of anilines is 1. The normalized spacial score (nSPS) is 10.9. The van der Waals surface area contributed by atoms with Gasteiger partial charge in [0.05, 0.1) is 18.9 Å². The van der Waals surface area contributed by atoms with Crippen LogP contribution in [0.15, 0.2) is 95.9 Å². The van der Waals surface area contributed by atoms with E-state index in [4.69, 9.17) is 9.47 Å². The highest BCUT2D eigenvalue weighted by atomic mass is 32.1. The molecule has 4 aromatic rings. The molecule has 0 saturated heterocycles. The fourth-order valence-electron chi connectivity index (χ4n) is 3.17. The van der Waals surface area contributed by atoms with Crippen LogP contribution in [0.2, 0.25) is 0 Å². The van der Waals surface area contributed by atoms with Gasteiger partial charge in [0.25, 0.3) is 5.91 Å². The van der Waals surface area contributed by atoms with E-state index < -0.39 is 5.91 Å². The van der Waals surface area contributed by atoms with Crippen LogP contribution in [0, 0.1) is 11.3 Å². The molecule has 174 valence electrons. The Kier molecular flexibility index (Phi) is 8.25. The van der Waals surface area contributed by atoms with Gasteiger partial charge in [-0.2, -0.15) is 5.26 Å². The summed E-state index contributed by atoms with van der Waals surface area (Å²) in [6.45, 7) is 1.09. The molecule has 0 aliphatic rings. The van der Waals surface area contributed by atoms with Gasteiger partial charge >= 0.3 is 0 Å². The van der Waals surface area contributed by atoms with Crippen molar-refractivity contribution in [3.8, 4) is 28.8 Å². The third kappa shape index (κ3) is 7.03. The number of carbonyl (C=O) groups is 1. The number of thiazole rings is 1. The number of nitriles is 1. The van der Waals surface area contributed by atoms with E-state index >= 15 is 0 Å². The Balaban J connectivity index is 1.28. The first-order valence-electron chi connectivity index (χ1n) is 11.1. The maximum absolute atomic E-state index is 12.6. The first-order valence-corrected chi connectivity index (χ1v) is 11.9. The van der Waals surface area contributed by atoms with E-state index in [1.54, 1.807) is 18.2 Å². The molecule has 7 heteroatoms. The third-order valence-electron chi connectivity index (χ3n) is 4.92. The Morgan fingerprint density at radius 3 is 2.20 bits per heavy atom. The second kappa shape index (κ2) is 12.2. The predicted molar refractivity (Wildman–Crippen MR) is 138 cm³/mol.